The maximum absolute atomic E-state index is 12.5. The SMILES string of the molecule is Cc1onc(-c2ccccc2Cl)c1C(=O)NNC(=O)COc1ccc(Cl)cc1. The van der Waals surface area contributed by atoms with Gasteiger partial charge in [-0.1, -0.05) is 46.6 Å². The Hall–Kier alpha value is -3.03. The Balaban J connectivity index is 1.62. The first-order valence-electron chi connectivity index (χ1n) is 8.14. The van der Waals surface area contributed by atoms with Crippen molar-refractivity contribution in [1.29, 1.82) is 0 Å². The maximum Gasteiger partial charge on any atom is 0.276 e. The molecular formula is C19H15Cl2N3O4. The molecule has 0 fully saturated rings. The lowest BCUT2D eigenvalue weighted by molar-refractivity contribution is -0.123. The van der Waals surface area contributed by atoms with Gasteiger partial charge >= 0.3 is 0 Å². The number of aromatic nitrogens is 1. The molecular weight excluding hydrogens is 405 g/mol. The number of benzene rings is 2. The number of halogens is 2. The van der Waals surface area contributed by atoms with Crippen molar-refractivity contribution in [2.24, 2.45) is 0 Å². The number of rotatable bonds is 5. The molecule has 3 aromatic rings. The average Bonchev–Trinajstić information content (AvgIpc) is 3.07. The first kappa shape index (κ1) is 19.7. The monoisotopic (exact) mass is 419 g/mol. The second kappa shape index (κ2) is 8.77. The van der Waals surface area contributed by atoms with Gasteiger partial charge in [0.1, 0.15) is 22.8 Å². The molecule has 0 saturated heterocycles. The first-order valence-corrected chi connectivity index (χ1v) is 8.90. The Morgan fingerprint density at radius 2 is 1.79 bits per heavy atom. The van der Waals surface area contributed by atoms with Gasteiger partial charge in [0.2, 0.25) is 0 Å². The van der Waals surface area contributed by atoms with Crippen molar-refractivity contribution in [2.45, 2.75) is 6.92 Å². The van der Waals surface area contributed by atoms with Gasteiger partial charge in [-0.05, 0) is 37.3 Å². The summed E-state index contributed by atoms with van der Waals surface area (Å²) in [4.78, 5) is 24.4. The van der Waals surface area contributed by atoms with Crippen LogP contribution in [0.15, 0.2) is 53.1 Å². The summed E-state index contributed by atoms with van der Waals surface area (Å²) in [5.74, 6) is -0.369. The van der Waals surface area contributed by atoms with Crippen LogP contribution in [0.5, 0.6) is 5.75 Å². The molecule has 0 aliphatic carbocycles. The van der Waals surface area contributed by atoms with Crippen molar-refractivity contribution < 1.29 is 18.8 Å². The zero-order chi connectivity index (χ0) is 20.1. The highest BCUT2D eigenvalue weighted by molar-refractivity contribution is 6.33. The molecule has 0 aliphatic rings. The van der Waals surface area contributed by atoms with E-state index in [1.807, 2.05) is 0 Å². The molecule has 1 heterocycles. The highest BCUT2D eigenvalue weighted by Crippen LogP contribution is 2.30. The van der Waals surface area contributed by atoms with Crippen LogP contribution in [0, 0.1) is 6.92 Å². The van der Waals surface area contributed by atoms with E-state index < -0.39 is 11.8 Å². The van der Waals surface area contributed by atoms with Gasteiger partial charge in [0, 0.05) is 10.6 Å². The van der Waals surface area contributed by atoms with Gasteiger partial charge in [-0.3, -0.25) is 20.4 Å². The predicted octanol–water partition coefficient (Wildman–Crippen LogP) is 3.80. The highest BCUT2D eigenvalue weighted by atomic mass is 35.5. The Kier molecular flexibility index (Phi) is 6.18. The van der Waals surface area contributed by atoms with Crippen LogP contribution in [0.25, 0.3) is 11.3 Å². The fraction of sp³-hybridized carbons (Fsp3) is 0.105. The molecule has 2 N–H and O–H groups in total. The van der Waals surface area contributed by atoms with Gasteiger partial charge in [-0.2, -0.15) is 0 Å². The van der Waals surface area contributed by atoms with Gasteiger partial charge in [-0.25, -0.2) is 0 Å². The number of ether oxygens (including phenoxy) is 1. The number of hydrazine groups is 1. The van der Waals surface area contributed by atoms with Gasteiger partial charge in [0.05, 0.1) is 5.02 Å². The fourth-order valence-corrected chi connectivity index (χ4v) is 2.73. The van der Waals surface area contributed by atoms with Crippen molar-refractivity contribution in [1.82, 2.24) is 16.0 Å². The van der Waals surface area contributed by atoms with Crippen LogP contribution in [-0.2, 0) is 4.79 Å². The quantitative estimate of drug-likeness (QED) is 0.613. The maximum atomic E-state index is 12.5. The summed E-state index contributed by atoms with van der Waals surface area (Å²) in [7, 11) is 0. The van der Waals surface area contributed by atoms with E-state index in [-0.39, 0.29) is 17.9 Å². The lowest BCUT2D eigenvalue weighted by atomic mass is 10.1. The highest BCUT2D eigenvalue weighted by Gasteiger charge is 2.23. The van der Waals surface area contributed by atoms with Crippen LogP contribution < -0.4 is 15.6 Å². The lowest BCUT2D eigenvalue weighted by Gasteiger charge is -2.09. The second-order valence-corrected chi connectivity index (χ2v) is 6.53. The zero-order valence-electron chi connectivity index (χ0n) is 14.7. The summed E-state index contributed by atoms with van der Waals surface area (Å²) >= 11 is 12.0. The minimum Gasteiger partial charge on any atom is -0.484 e. The van der Waals surface area contributed by atoms with E-state index >= 15 is 0 Å². The van der Waals surface area contributed by atoms with Gasteiger partial charge < -0.3 is 9.26 Å². The van der Waals surface area contributed by atoms with Crippen molar-refractivity contribution in [3.8, 4) is 17.0 Å². The number of hydrogen-bond acceptors (Lipinski definition) is 5. The number of amides is 2. The minimum atomic E-state index is -0.589. The Bertz CT molecular complexity index is 1000. The molecule has 0 aliphatic heterocycles. The average molecular weight is 420 g/mol. The fourth-order valence-electron chi connectivity index (χ4n) is 2.38. The number of carbonyl (C=O) groups excluding carboxylic acids is 2. The van der Waals surface area contributed by atoms with E-state index in [0.717, 1.165) is 0 Å². The summed E-state index contributed by atoms with van der Waals surface area (Å²) in [5.41, 5.74) is 5.60. The molecule has 0 spiro atoms. The van der Waals surface area contributed by atoms with E-state index in [9.17, 15) is 9.59 Å². The van der Waals surface area contributed by atoms with Crippen LogP contribution in [-0.4, -0.2) is 23.6 Å². The smallest absolute Gasteiger partial charge is 0.276 e. The molecule has 0 atom stereocenters. The van der Waals surface area contributed by atoms with Crippen LogP contribution in [0.4, 0.5) is 0 Å². The molecule has 28 heavy (non-hydrogen) atoms. The third kappa shape index (κ3) is 4.62. The minimum absolute atomic E-state index is 0.173. The van der Waals surface area contributed by atoms with Crippen LogP contribution in [0.3, 0.4) is 0 Å². The third-order valence-corrected chi connectivity index (χ3v) is 4.30. The Labute approximate surface area is 170 Å². The topological polar surface area (TPSA) is 93.5 Å². The summed E-state index contributed by atoms with van der Waals surface area (Å²) in [6, 6.07) is 13.5. The second-order valence-electron chi connectivity index (χ2n) is 5.69. The van der Waals surface area contributed by atoms with Gasteiger partial charge in [0.25, 0.3) is 11.8 Å². The van der Waals surface area contributed by atoms with E-state index in [0.29, 0.717) is 27.1 Å². The molecule has 0 unspecified atom stereocenters. The number of carbonyl (C=O) groups is 2. The van der Waals surface area contributed by atoms with Gasteiger partial charge in [0.15, 0.2) is 6.61 Å². The summed E-state index contributed by atoms with van der Waals surface area (Å²) < 4.78 is 10.4. The van der Waals surface area contributed by atoms with E-state index in [2.05, 4.69) is 16.0 Å². The normalized spacial score (nSPS) is 10.4. The molecule has 1 aromatic heterocycles. The lowest BCUT2D eigenvalue weighted by Crippen LogP contribution is -2.44. The standard InChI is InChI=1S/C19H15Cl2N3O4/c1-11-17(18(24-28-11)14-4-2-3-5-15(14)21)19(26)23-22-16(25)10-27-13-8-6-12(20)7-9-13/h2-9H,10H2,1H3,(H,22,25)(H,23,26). The van der Waals surface area contributed by atoms with Crippen molar-refractivity contribution in [3.05, 3.63) is 69.9 Å². The van der Waals surface area contributed by atoms with E-state index in [1.54, 1.807) is 55.5 Å². The van der Waals surface area contributed by atoms with Gasteiger partial charge in [-0.15, -0.1) is 0 Å². The largest absolute Gasteiger partial charge is 0.484 e. The number of nitrogens with one attached hydrogen (secondary N) is 2. The Morgan fingerprint density at radius 3 is 2.50 bits per heavy atom. The zero-order valence-corrected chi connectivity index (χ0v) is 16.2. The number of aryl methyl sites for hydroxylation is 1. The third-order valence-electron chi connectivity index (χ3n) is 3.72. The van der Waals surface area contributed by atoms with Crippen molar-refractivity contribution in [2.75, 3.05) is 6.61 Å². The van der Waals surface area contributed by atoms with E-state index in [4.69, 9.17) is 32.5 Å². The molecule has 0 saturated carbocycles. The van der Waals surface area contributed by atoms with Crippen molar-refractivity contribution in [3.63, 3.8) is 0 Å². The van der Waals surface area contributed by atoms with E-state index in [1.165, 1.54) is 0 Å². The molecule has 0 bridgehead atoms. The van der Waals surface area contributed by atoms with Crippen LogP contribution in [0.1, 0.15) is 16.1 Å². The summed E-state index contributed by atoms with van der Waals surface area (Å²) in [6.07, 6.45) is 0. The Morgan fingerprint density at radius 1 is 1.07 bits per heavy atom. The summed E-state index contributed by atoms with van der Waals surface area (Å²) in [6.45, 7) is 1.30. The van der Waals surface area contributed by atoms with Crippen molar-refractivity contribution >= 4 is 35.0 Å². The molecule has 9 heteroatoms. The van der Waals surface area contributed by atoms with Crippen LogP contribution in [0.2, 0.25) is 10.0 Å². The summed E-state index contributed by atoms with van der Waals surface area (Å²) in [5, 5.41) is 4.89. The molecule has 2 aromatic carbocycles. The molecule has 3 rings (SSSR count). The molecule has 144 valence electrons. The number of nitrogens with zero attached hydrogens (tertiary/aromatic N) is 1. The molecule has 7 nitrogen and oxygen atoms in total. The molecule has 2 amide bonds. The molecule has 0 radical (unpaired) electrons. The number of hydrogen-bond donors (Lipinski definition) is 2. The first-order chi connectivity index (χ1) is 13.5. The van der Waals surface area contributed by atoms with Crippen LogP contribution >= 0.6 is 23.2 Å². The predicted molar refractivity (Wildman–Crippen MR) is 104 cm³/mol.